The maximum Gasteiger partial charge on any atom is 1.00 e. The van der Waals surface area contributed by atoms with Gasteiger partial charge in [0, 0.05) is 17.7 Å². The largest absolute Gasteiger partial charge is 1.00 e. The van der Waals surface area contributed by atoms with E-state index in [4.69, 9.17) is 8.92 Å². The molecule has 0 aliphatic carbocycles. The van der Waals surface area contributed by atoms with Gasteiger partial charge in [-0.1, -0.05) is 27.7 Å². The molecule has 11 nitrogen and oxygen atoms in total. The third-order valence-corrected chi connectivity index (χ3v) is 5.83. The Balaban J connectivity index is 0. The molecule has 0 aromatic carbocycles. The van der Waals surface area contributed by atoms with Crippen LogP contribution in [-0.2, 0) is 34.0 Å². The molecule has 0 aliphatic heterocycles. The van der Waals surface area contributed by atoms with Gasteiger partial charge in [-0.15, -0.1) is 0 Å². The van der Waals surface area contributed by atoms with Crippen molar-refractivity contribution in [3.8, 4) is 0 Å². The average Bonchev–Trinajstić information content (AvgIpc) is 2.53. The fraction of sp³-hybridized carbons (Fsp3) is 0.889. The van der Waals surface area contributed by atoms with Gasteiger partial charge < -0.3 is 19.9 Å². The van der Waals surface area contributed by atoms with Gasteiger partial charge >= 0.3 is 35.7 Å². The fourth-order valence-electron chi connectivity index (χ4n) is 2.18. The zero-order valence-electron chi connectivity index (χ0n) is 20.2. The minimum Gasteiger partial charge on any atom is -0.748 e. The molecule has 0 bridgehead atoms. The Morgan fingerprint density at radius 1 is 1.00 bits per heavy atom. The first-order valence-electron chi connectivity index (χ1n) is 9.81. The molecule has 14 heteroatoms. The molecule has 0 radical (unpaired) electrons. The third kappa shape index (κ3) is 17.1. The standard InChI is InChI=1S/C18H36N2O9S2.Na/c1-13(2)14(20-16(22)29-17(3,4)5)15(21)19-11-18(6,7)12-28-31(26,27)10-8-9-30(23,24)25;/h13-14H,8-12H2,1-7H3,(H,19,21)(H,20,22)(H,23,24,25);/q;+1/p-1/t14-;/m0./s1. The van der Waals surface area contributed by atoms with E-state index in [9.17, 15) is 31.0 Å². The van der Waals surface area contributed by atoms with Gasteiger partial charge in [-0.05, 0) is 33.1 Å². The summed E-state index contributed by atoms with van der Waals surface area (Å²) in [5.74, 6) is -2.09. The van der Waals surface area contributed by atoms with Crippen molar-refractivity contribution in [2.75, 3.05) is 24.7 Å². The molecule has 0 unspecified atom stereocenters. The maximum absolute atomic E-state index is 12.5. The molecule has 1 atom stereocenters. The number of nitrogens with one attached hydrogen (secondary N) is 2. The molecule has 2 amide bonds. The Hall–Kier alpha value is -0.440. The van der Waals surface area contributed by atoms with Gasteiger partial charge in [-0.25, -0.2) is 13.2 Å². The van der Waals surface area contributed by atoms with Gasteiger partial charge in [0.15, 0.2) is 0 Å². The van der Waals surface area contributed by atoms with Crippen molar-refractivity contribution in [2.45, 2.75) is 66.5 Å². The molecule has 0 spiro atoms. The number of carbonyl (C=O) groups is 2. The van der Waals surface area contributed by atoms with Crippen LogP contribution in [-0.4, -0.2) is 69.7 Å². The van der Waals surface area contributed by atoms with Gasteiger partial charge in [-0.3, -0.25) is 8.98 Å². The zero-order valence-corrected chi connectivity index (χ0v) is 23.8. The van der Waals surface area contributed by atoms with E-state index >= 15 is 0 Å². The average molecular weight is 511 g/mol. The van der Waals surface area contributed by atoms with Crippen LogP contribution in [0.25, 0.3) is 0 Å². The molecule has 0 fully saturated rings. The Labute approximate surface area is 213 Å². The van der Waals surface area contributed by atoms with Crippen molar-refractivity contribution in [1.82, 2.24) is 10.6 Å². The van der Waals surface area contributed by atoms with E-state index in [1.54, 1.807) is 48.5 Å². The summed E-state index contributed by atoms with van der Waals surface area (Å²) in [4.78, 5) is 24.5. The van der Waals surface area contributed by atoms with Crippen LogP contribution < -0.4 is 40.2 Å². The molecular weight excluding hydrogens is 475 g/mol. The van der Waals surface area contributed by atoms with Crippen LogP contribution >= 0.6 is 0 Å². The topological polar surface area (TPSA) is 168 Å². The van der Waals surface area contributed by atoms with Crippen molar-refractivity contribution in [3.63, 3.8) is 0 Å². The second-order valence-electron chi connectivity index (χ2n) is 9.39. The number of amides is 2. The number of ether oxygens (including phenoxy) is 1. The van der Waals surface area contributed by atoms with Gasteiger partial charge in [0.1, 0.15) is 11.6 Å². The molecule has 0 heterocycles. The molecule has 0 saturated carbocycles. The summed E-state index contributed by atoms with van der Waals surface area (Å²) in [6, 6.07) is -0.857. The fourth-order valence-corrected chi connectivity index (χ4v) is 3.97. The van der Waals surface area contributed by atoms with E-state index in [1.807, 2.05) is 0 Å². The summed E-state index contributed by atoms with van der Waals surface area (Å²) in [5, 5.41) is 5.19. The van der Waals surface area contributed by atoms with Crippen LogP contribution in [0.1, 0.15) is 54.9 Å². The zero-order chi connectivity index (χ0) is 24.7. The number of carbonyl (C=O) groups excluding carboxylic acids is 2. The van der Waals surface area contributed by atoms with Crippen molar-refractivity contribution in [2.24, 2.45) is 11.3 Å². The SMILES string of the molecule is CC(C)[C@H](NC(=O)OC(C)(C)C)C(=O)NCC(C)(C)COS(=O)(=O)CCCS(=O)(=O)[O-].[Na+]. The minimum atomic E-state index is -4.50. The number of rotatable bonds is 12. The van der Waals surface area contributed by atoms with Crippen LogP contribution in [0.2, 0.25) is 0 Å². The third-order valence-electron chi connectivity index (χ3n) is 3.78. The van der Waals surface area contributed by atoms with Crippen LogP contribution in [0.4, 0.5) is 4.79 Å². The summed E-state index contributed by atoms with van der Waals surface area (Å²) in [6.07, 6.45) is -1.09. The quantitative estimate of drug-likeness (QED) is 0.171. The normalized spacial score (nSPS) is 13.8. The summed E-state index contributed by atoms with van der Waals surface area (Å²) < 4.78 is 65.5. The molecule has 0 aliphatic rings. The van der Waals surface area contributed by atoms with E-state index in [0.29, 0.717) is 0 Å². The summed E-state index contributed by atoms with van der Waals surface area (Å²) in [5.41, 5.74) is -1.51. The van der Waals surface area contributed by atoms with Crippen LogP contribution in [0.5, 0.6) is 0 Å². The molecule has 0 rings (SSSR count). The smallest absolute Gasteiger partial charge is 0.748 e. The summed E-state index contributed by atoms with van der Waals surface area (Å²) in [7, 11) is -8.53. The number of alkyl carbamates (subject to hydrolysis) is 1. The summed E-state index contributed by atoms with van der Waals surface area (Å²) in [6.45, 7) is 11.7. The van der Waals surface area contributed by atoms with Crippen molar-refractivity contribution in [1.29, 1.82) is 0 Å². The van der Waals surface area contributed by atoms with Gasteiger partial charge in [0.2, 0.25) is 5.91 Å². The van der Waals surface area contributed by atoms with Crippen molar-refractivity contribution in [3.05, 3.63) is 0 Å². The minimum absolute atomic E-state index is 0. The second kappa shape index (κ2) is 13.4. The molecule has 0 aromatic rings. The van der Waals surface area contributed by atoms with E-state index in [0.717, 1.165) is 0 Å². The van der Waals surface area contributed by atoms with E-state index in [1.165, 1.54) is 0 Å². The van der Waals surface area contributed by atoms with Crippen molar-refractivity contribution >= 4 is 32.2 Å². The first-order chi connectivity index (χ1) is 13.7. The summed E-state index contributed by atoms with van der Waals surface area (Å²) >= 11 is 0. The first-order valence-corrected chi connectivity index (χ1v) is 13.0. The van der Waals surface area contributed by atoms with Crippen LogP contribution in [0, 0.1) is 11.3 Å². The Bertz CT molecular complexity index is 820. The molecule has 2 N–H and O–H groups in total. The Kier molecular flexibility index (Phi) is 14.2. The van der Waals surface area contributed by atoms with E-state index in [-0.39, 0.29) is 55.0 Å². The molecular formula is C18H35N2NaO9S2. The van der Waals surface area contributed by atoms with Crippen molar-refractivity contribution < 1.29 is 69.5 Å². The molecule has 32 heavy (non-hydrogen) atoms. The van der Waals surface area contributed by atoms with Gasteiger partial charge in [0.25, 0.3) is 10.1 Å². The Morgan fingerprint density at radius 2 is 1.53 bits per heavy atom. The predicted molar refractivity (Wildman–Crippen MR) is 114 cm³/mol. The van der Waals surface area contributed by atoms with E-state index in [2.05, 4.69) is 10.6 Å². The van der Waals surface area contributed by atoms with E-state index < -0.39 is 60.8 Å². The van der Waals surface area contributed by atoms with Crippen LogP contribution in [0.15, 0.2) is 0 Å². The maximum atomic E-state index is 12.5. The van der Waals surface area contributed by atoms with Gasteiger partial charge in [-0.2, -0.15) is 8.42 Å². The molecule has 184 valence electrons. The predicted octanol–water partition coefficient (Wildman–Crippen LogP) is -2.04. The number of hydrogen-bond donors (Lipinski definition) is 2. The monoisotopic (exact) mass is 510 g/mol. The second-order valence-corrected chi connectivity index (χ2v) is 12.7. The number of hydrogen-bond acceptors (Lipinski definition) is 9. The molecule has 0 saturated heterocycles. The van der Waals surface area contributed by atoms with Gasteiger partial charge in [0.05, 0.1) is 22.5 Å². The Morgan fingerprint density at radius 3 is 1.97 bits per heavy atom. The first kappa shape index (κ1) is 33.7. The molecule has 0 aromatic heterocycles. The van der Waals surface area contributed by atoms with Crippen LogP contribution in [0.3, 0.4) is 0 Å².